The van der Waals surface area contributed by atoms with E-state index >= 15 is 0 Å². The molecule has 1 atom stereocenters. The van der Waals surface area contributed by atoms with Crippen molar-refractivity contribution in [2.24, 2.45) is 5.73 Å². The number of benzene rings is 1. The van der Waals surface area contributed by atoms with E-state index in [-0.39, 0.29) is 24.4 Å². The minimum absolute atomic E-state index is 0. The summed E-state index contributed by atoms with van der Waals surface area (Å²) in [6.45, 7) is 1.82. The summed E-state index contributed by atoms with van der Waals surface area (Å²) in [5.41, 5.74) is 10.6. The molecule has 6 heteroatoms. The zero-order valence-corrected chi connectivity index (χ0v) is 14.1. The van der Waals surface area contributed by atoms with Crippen LogP contribution in [0.5, 0.6) is 0 Å². The molecule has 1 aliphatic rings. The third kappa shape index (κ3) is 3.85. The number of aryl methyl sites for hydroxylation is 2. The van der Waals surface area contributed by atoms with Gasteiger partial charge in [-0.2, -0.15) is 0 Å². The first-order chi connectivity index (χ1) is 10.1. The maximum Gasteiger partial charge on any atom is 0.227 e. The number of carbonyl (C=O) groups is 1. The molecule has 0 saturated heterocycles. The van der Waals surface area contributed by atoms with Gasteiger partial charge in [0.2, 0.25) is 5.91 Å². The molecule has 118 valence electrons. The summed E-state index contributed by atoms with van der Waals surface area (Å²) >= 11 is 1.45. The maximum atomic E-state index is 11.7. The Hall–Kier alpha value is -1.43. The number of hydrogen-bond donors (Lipinski definition) is 2. The van der Waals surface area contributed by atoms with Gasteiger partial charge in [0.05, 0.1) is 5.69 Å². The maximum absolute atomic E-state index is 11.7. The van der Waals surface area contributed by atoms with E-state index in [1.165, 1.54) is 35.3 Å². The summed E-state index contributed by atoms with van der Waals surface area (Å²) in [5, 5.41) is 5.42. The summed E-state index contributed by atoms with van der Waals surface area (Å²) in [6.07, 6.45) is 3.90. The summed E-state index contributed by atoms with van der Waals surface area (Å²) in [5.74, 6) is -0.0835. The number of fused-ring (bicyclic) bond motifs is 1. The number of aromatic nitrogens is 1. The third-order valence-corrected chi connectivity index (χ3v) is 4.41. The standard InChI is InChI=1S/C16H19N3OS.ClH/c1-10(17)7-15(20)19-16-18-14(9-21-16)13-6-5-11-3-2-4-12(11)8-13;/h5-6,8-10H,2-4,7,17H2,1H3,(H,18,19,20);1H. The second-order valence-electron chi connectivity index (χ2n) is 5.60. The van der Waals surface area contributed by atoms with Crippen LogP contribution in [0, 0.1) is 0 Å². The highest BCUT2D eigenvalue weighted by molar-refractivity contribution is 7.14. The Balaban J connectivity index is 0.00000176. The van der Waals surface area contributed by atoms with Crippen molar-refractivity contribution in [3.8, 4) is 11.3 Å². The van der Waals surface area contributed by atoms with Gasteiger partial charge < -0.3 is 11.1 Å². The van der Waals surface area contributed by atoms with Crippen molar-refractivity contribution in [1.29, 1.82) is 0 Å². The number of nitrogens with zero attached hydrogens (tertiary/aromatic N) is 1. The van der Waals surface area contributed by atoms with E-state index in [4.69, 9.17) is 5.73 Å². The van der Waals surface area contributed by atoms with E-state index in [0.29, 0.717) is 11.6 Å². The van der Waals surface area contributed by atoms with Gasteiger partial charge >= 0.3 is 0 Å². The van der Waals surface area contributed by atoms with Gasteiger partial charge in [0, 0.05) is 23.4 Å². The van der Waals surface area contributed by atoms with Gasteiger partial charge in [-0.15, -0.1) is 23.7 Å². The first-order valence-electron chi connectivity index (χ1n) is 7.25. The number of amides is 1. The fraction of sp³-hybridized carbons (Fsp3) is 0.375. The van der Waals surface area contributed by atoms with E-state index in [2.05, 4.69) is 28.5 Å². The van der Waals surface area contributed by atoms with Crippen molar-refractivity contribution < 1.29 is 4.79 Å². The van der Waals surface area contributed by atoms with Crippen LogP contribution in [0.3, 0.4) is 0 Å². The lowest BCUT2D eigenvalue weighted by molar-refractivity contribution is -0.116. The second kappa shape index (κ2) is 7.22. The molecule has 1 unspecified atom stereocenters. The predicted octanol–water partition coefficient (Wildman–Crippen LogP) is 3.40. The Morgan fingerprint density at radius 3 is 2.95 bits per heavy atom. The molecule has 4 nitrogen and oxygen atoms in total. The van der Waals surface area contributed by atoms with Gasteiger partial charge in [0.15, 0.2) is 5.13 Å². The van der Waals surface area contributed by atoms with E-state index < -0.39 is 0 Å². The van der Waals surface area contributed by atoms with E-state index in [9.17, 15) is 4.79 Å². The molecule has 0 saturated carbocycles. The lowest BCUT2D eigenvalue weighted by Crippen LogP contribution is -2.23. The summed E-state index contributed by atoms with van der Waals surface area (Å²) in [6, 6.07) is 6.41. The number of hydrogen-bond acceptors (Lipinski definition) is 4. The SMILES string of the molecule is CC(N)CC(=O)Nc1nc(-c2ccc3c(c2)CCC3)cs1.Cl. The summed E-state index contributed by atoms with van der Waals surface area (Å²) in [4.78, 5) is 16.2. The fourth-order valence-electron chi connectivity index (χ4n) is 2.66. The molecule has 0 fully saturated rings. The van der Waals surface area contributed by atoms with Crippen molar-refractivity contribution in [3.05, 3.63) is 34.7 Å². The number of thiazole rings is 1. The van der Waals surface area contributed by atoms with Crippen molar-refractivity contribution in [3.63, 3.8) is 0 Å². The minimum Gasteiger partial charge on any atom is -0.327 e. The average Bonchev–Trinajstić information content (AvgIpc) is 3.04. The van der Waals surface area contributed by atoms with Crippen molar-refractivity contribution in [2.75, 3.05) is 5.32 Å². The third-order valence-electron chi connectivity index (χ3n) is 3.65. The Morgan fingerprint density at radius 2 is 2.18 bits per heavy atom. The largest absolute Gasteiger partial charge is 0.327 e. The molecule has 2 aromatic rings. The van der Waals surface area contributed by atoms with Crippen LogP contribution in [-0.2, 0) is 17.6 Å². The molecule has 1 amide bonds. The molecule has 0 spiro atoms. The fourth-order valence-corrected chi connectivity index (χ4v) is 3.39. The lowest BCUT2D eigenvalue weighted by atomic mass is 10.1. The molecule has 1 aromatic carbocycles. The van der Waals surface area contributed by atoms with Crippen LogP contribution < -0.4 is 11.1 Å². The van der Waals surface area contributed by atoms with Gasteiger partial charge in [-0.3, -0.25) is 4.79 Å². The molecule has 1 aliphatic carbocycles. The molecule has 22 heavy (non-hydrogen) atoms. The zero-order valence-electron chi connectivity index (χ0n) is 12.5. The monoisotopic (exact) mass is 337 g/mol. The van der Waals surface area contributed by atoms with Crippen LogP contribution in [-0.4, -0.2) is 16.9 Å². The number of halogens is 1. The van der Waals surface area contributed by atoms with Gasteiger partial charge in [-0.05, 0) is 43.4 Å². The van der Waals surface area contributed by atoms with Crippen LogP contribution in [0.2, 0.25) is 0 Å². The molecule has 0 bridgehead atoms. The highest BCUT2D eigenvalue weighted by atomic mass is 35.5. The van der Waals surface area contributed by atoms with Crippen LogP contribution >= 0.6 is 23.7 Å². The predicted molar refractivity (Wildman–Crippen MR) is 93.7 cm³/mol. The molecule has 0 radical (unpaired) electrons. The summed E-state index contributed by atoms with van der Waals surface area (Å²) in [7, 11) is 0. The molecular formula is C16H20ClN3OS. The normalized spacial score (nSPS) is 14.1. The van der Waals surface area contributed by atoms with Crippen molar-refractivity contribution in [1.82, 2.24) is 4.98 Å². The second-order valence-corrected chi connectivity index (χ2v) is 6.46. The Kier molecular flexibility index (Phi) is 5.56. The van der Waals surface area contributed by atoms with E-state index in [0.717, 1.165) is 17.7 Å². The Morgan fingerprint density at radius 1 is 1.41 bits per heavy atom. The molecule has 3 N–H and O–H groups in total. The molecule has 1 aromatic heterocycles. The molecule has 3 rings (SSSR count). The quantitative estimate of drug-likeness (QED) is 0.898. The van der Waals surface area contributed by atoms with Crippen LogP contribution in [0.15, 0.2) is 23.6 Å². The number of nitrogens with two attached hydrogens (primary N) is 1. The first-order valence-corrected chi connectivity index (χ1v) is 8.13. The van der Waals surface area contributed by atoms with Gasteiger partial charge in [0.25, 0.3) is 0 Å². The average molecular weight is 338 g/mol. The topological polar surface area (TPSA) is 68.0 Å². The van der Waals surface area contributed by atoms with Gasteiger partial charge in [-0.1, -0.05) is 12.1 Å². The van der Waals surface area contributed by atoms with Crippen LogP contribution in [0.4, 0.5) is 5.13 Å². The molecule has 1 heterocycles. The first kappa shape index (κ1) is 16.9. The smallest absolute Gasteiger partial charge is 0.227 e. The number of anilines is 1. The minimum atomic E-state index is -0.138. The number of carbonyl (C=O) groups excluding carboxylic acids is 1. The van der Waals surface area contributed by atoms with Crippen molar-refractivity contribution in [2.45, 2.75) is 38.6 Å². The van der Waals surface area contributed by atoms with Crippen LogP contribution in [0.1, 0.15) is 30.9 Å². The molecular weight excluding hydrogens is 318 g/mol. The number of rotatable bonds is 4. The highest BCUT2D eigenvalue weighted by Crippen LogP contribution is 2.30. The van der Waals surface area contributed by atoms with E-state index in [1.807, 2.05) is 12.3 Å². The molecule has 0 aliphatic heterocycles. The Bertz CT molecular complexity index is 669. The highest BCUT2D eigenvalue weighted by Gasteiger charge is 2.13. The lowest BCUT2D eigenvalue weighted by Gasteiger charge is -2.04. The Labute approximate surface area is 140 Å². The van der Waals surface area contributed by atoms with Gasteiger partial charge in [-0.25, -0.2) is 4.98 Å². The van der Waals surface area contributed by atoms with E-state index in [1.54, 1.807) is 0 Å². The number of nitrogens with one attached hydrogen (secondary N) is 1. The summed E-state index contributed by atoms with van der Waals surface area (Å²) < 4.78 is 0. The zero-order chi connectivity index (χ0) is 14.8. The van der Waals surface area contributed by atoms with Crippen LogP contribution in [0.25, 0.3) is 11.3 Å². The van der Waals surface area contributed by atoms with Crippen molar-refractivity contribution >= 4 is 34.8 Å². The van der Waals surface area contributed by atoms with Gasteiger partial charge in [0.1, 0.15) is 0 Å².